The predicted octanol–water partition coefficient (Wildman–Crippen LogP) is 2.32. The van der Waals surface area contributed by atoms with E-state index in [2.05, 4.69) is 0 Å². The van der Waals surface area contributed by atoms with Gasteiger partial charge < -0.3 is 14.9 Å². The Labute approximate surface area is 78.8 Å². The average Bonchev–Trinajstić information content (AvgIpc) is 2.53. The van der Waals surface area contributed by atoms with Gasteiger partial charge >= 0.3 is 0 Å². The van der Waals surface area contributed by atoms with Gasteiger partial charge in [0, 0.05) is 5.39 Å². The minimum atomic E-state index is -0.0362. The molecule has 0 atom stereocenters. The minimum Gasteiger partial charge on any atom is -0.504 e. The van der Waals surface area contributed by atoms with Crippen LogP contribution in [0.25, 0.3) is 10.1 Å². The van der Waals surface area contributed by atoms with Crippen LogP contribution in [0.1, 0.15) is 0 Å². The van der Waals surface area contributed by atoms with Gasteiger partial charge in [-0.25, -0.2) is 0 Å². The topological polar surface area (TPSA) is 49.7 Å². The summed E-state index contributed by atoms with van der Waals surface area (Å²) in [4.78, 5) is 0. The Balaban J connectivity index is 2.85. The molecule has 1 heterocycles. The van der Waals surface area contributed by atoms with Crippen molar-refractivity contribution in [1.82, 2.24) is 0 Å². The van der Waals surface area contributed by atoms with Crippen LogP contribution in [0, 0.1) is 0 Å². The summed E-state index contributed by atoms with van der Waals surface area (Å²) in [5.74, 6) is 0.105. The summed E-state index contributed by atoms with van der Waals surface area (Å²) < 4.78 is 5.59. The minimum absolute atomic E-state index is 0.00694. The first-order chi connectivity index (χ1) is 6.24. The third-order valence-corrected chi connectivity index (χ3v) is 2.79. The summed E-state index contributed by atoms with van der Waals surface area (Å²) >= 11 is 1.41. The third-order valence-electron chi connectivity index (χ3n) is 1.85. The van der Waals surface area contributed by atoms with Gasteiger partial charge in [0.1, 0.15) is 0 Å². The molecular formula is C9H8O3S. The van der Waals surface area contributed by atoms with Crippen LogP contribution in [0.3, 0.4) is 0 Å². The van der Waals surface area contributed by atoms with Crippen molar-refractivity contribution >= 4 is 21.4 Å². The van der Waals surface area contributed by atoms with E-state index in [9.17, 15) is 10.2 Å². The van der Waals surface area contributed by atoms with Gasteiger partial charge in [0.05, 0.1) is 11.8 Å². The molecule has 0 aliphatic rings. The molecule has 2 rings (SSSR count). The number of aromatic hydroxyl groups is 2. The maximum absolute atomic E-state index is 9.64. The summed E-state index contributed by atoms with van der Waals surface area (Å²) in [6.45, 7) is 0. The van der Waals surface area contributed by atoms with Gasteiger partial charge in [0.2, 0.25) is 5.75 Å². The van der Waals surface area contributed by atoms with Gasteiger partial charge in [-0.05, 0) is 17.5 Å². The summed E-state index contributed by atoms with van der Waals surface area (Å²) in [6, 6.07) is 3.41. The van der Waals surface area contributed by atoms with E-state index in [4.69, 9.17) is 4.74 Å². The zero-order valence-corrected chi connectivity index (χ0v) is 7.76. The molecule has 0 saturated carbocycles. The lowest BCUT2D eigenvalue weighted by atomic mass is 10.2. The van der Waals surface area contributed by atoms with Gasteiger partial charge in [-0.15, -0.1) is 11.3 Å². The highest BCUT2D eigenvalue weighted by molar-refractivity contribution is 7.17. The van der Waals surface area contributed by atoms with Crippen LogP contribution >= 0.6 is 11.3 Å². The molecule has 13 heavy (non-hydrogen) atoms. The summed E-state index contributed by atoms with van der Waals surface area (Å²) in [6.07, 6.45) is 0. The number of rotatable bonds is 1. The van der Waals surface area contributed by atoms with Crippen molar-refractivity contribution in [2.45, 2.75) is 0 Å². The maximum atomic E-state index is 9.64. The molecule has 2 aromatic rings. The number of fused-ring (bicyclic) bond motifs is 1. The molecule has 0 unspecified atom stereocenters. The Morgan fingerprint density at radius 1 is 1.38 bits per heavy atom. The molecule has 4 heteroatoms. The largest absolute Gasteiger partial charge is 0.504 e. The fourth-order valence-corrected chi connectivity index (χ4v) is 2.08. The lowest BCUT2D eigenvalue weighted by Gasteiger charge is -2.05. The Morgan fingerprint density at radius 3 is 2.85 bits per heavy atom. The van der Waals surface area contributed by atoms with Gasteiger partial charge in [-0.2, -0.15) is 0 Å². The number of thiophene rings is 1. The fourth-order valence-electron chi connectivity index (χ4n) is 1.26. The molecule has 3 nitrogen and oxygen atoms in total. The second kappa shape index (κ2) is 2.81. The van der Waals surface area contributed by atoms with Crippen LogP contribution in [-0.4, -0.2) is 17.3 Å². The van der Waals surface area contributed by atoms with Crippen LogP contribution < -0.4 is 4.74 Å². The highest BCUT2D eigenvalue weighted by Crippen LogP contribution is 2.43. The molecule has 0 fully saturated rings. The van der Waals surface area contributed by atoms with E-state index in [0.29, 0.717) is 0 Å². The van der Waals surface area contributed by atoms with Gasteiger partial charge in [0.15, 0.2) is 11.5 Å². The number of methoxy groups -OCH3 is 1. The maximum Gasteiger partial charge on any atom is 0.204 e. The van der Waals surface area contributed by atoms with E-state index < -0.39 is 0 Å². The molecule has 68 valence electrons. The predicted molar refractivity (Wildman–Crippen MR) is 51.7 cm³/mol. The van der Waals surface area contributed by atoms with Crippen molar-refractivity contribution in [3.63, 3.8) is 0 Å². The first-order valence-corrected chi connectivity index (χ1v) is 4.58. The van der Waals surface area contributed by atoms with Gasteiger partial charge in [-0.3, -0.25) is 0 Å². The van der Waals surface area contributed by atoms with Crippen molar-refractivity contribution in [2.24, 2.45) is 0 Å². The van der Waals surface area contributed by atoms with Gasteiger partial charge in [0.25, 0.3) is 0 Å². The molecule has 0 bridgehead atoms. The lowest BCUT2D eigenvalue weighted by molar-refractivity contribution is 0.347. The summed E-state index contributed by atoms with van der Waals surface area (Å²) in [7, 11) is 1.41. The first kappa shape index (κ1) is 8.19. The van der Waals surface area contributed by atoms with Crippen molar-refractivity contribution in [1.29, 1.82) is 0 Å². The van der Waals surface area contributed by atoms with E-state index in [-0.39, 0.29) is 17.2 Å². The number of hydrogen-bond acceptors (Lipinski definition) is 4. The quantitative estimate of drug-likeness (QED) is 0.735. The molecule has 2 N–H and O–H groups in total. The molecule has 0 amide bonds. The zero-order valence-electron chi connectivity index (χ0n) is 6.94. The molecule has 0 aliphatic carbocycles. The Morgan fingerprint density at radius 2 is 2.15 bits per heavy atom. The van der Waals surface area contributed by atoms with Crippen LogP contribution in [0.4, 0.5) is 0 Å². The Hall–Kier alpha value is -1.42. The van der Waals surface area contributed by atoms with Crippen LogP contribution in [0.15, 0.2) is 17.5 Å². The second-order valence-electron chi connectivity index (χ2n) is 2.62. The normalized spacial score (nSPS) is 10.5. The monoisotopic (exact) mass is 196 g/mol. The van der Waals surface area contributed by atoms with Crippen molar-refractivity contribution < 1.29 is 14.9 Å². The van der Waals surface area contributed by atoms with Crippen molar-refractivity contribution in [3.8, 4) is 17.2 Å². The highest BCUT2D eigenvalue weighted by atomic mass is 32.1. The molecular weight excluding hydrogens is 188 g/mol. The second-order valence-corrected chi connectivity index (χ2v) is 3.53. The first-order valence-electron chi connectivity index (χ1n) is 3.70. The zero-order chi connectivity index (χ0) is 9.42. The van der Waals surface area contributed by atoms with Gasteiger partial charge in [-0.1, -0.05) is 0 Å². The van der Waals surface area contributed by atoms with Crippen LogP contribution in [0.5, 0.6) is 17.2 Å². The molecule has 0 spiro atoms. The standard InChI is InChI=1S/C9H8O3S/c1-12-8-6(10)4-5-2-3-13-9(5)7(8)11/h2-4,10-11H,1H3. The van der Waals surface area contributed by atoms with Crippen molar-refractivity contribution in [3.05, 3.63) is 17.5 Å². The van der Waals surface area contributed by atoms with Crippen LogP contribution in [-0.2, 0) is 0 Å². The number of hydrogen-bond donors (Lipinski definition) is 2. The smallest absolute Gasteiger partial charge is 0.204 e. The number of benzene rings is 1. The summed E-state index contributed by atoms with van der Waals surface area (Å²) in [5, 5.41) is 21.7. The Bertz CT molecular complexity index is 447. The number of phenols is 2. The summed E-state index contributed by atoms with van der Waals surface area (Å²) in [5.41, 5.74) is 0. The van der Waals surface area contributed by atoms with Crippen molar-refractivity contribution in [2.75, 3.05) is 7.11 Å². The highest BCUT2D eigenvalue weighted by Gasteiger charge is 2.13. The molecule has 0 radical (unpaired) electrons. The lowest BCUT2D eigenvalue weighted by Crippen LogP contribution is -1.84. The molecule has 0 saturated heterocycles. The van der Waals surface area contributed by atoms with E-state index in [0.717, 1.165) is 10.1 Å². The fraction of sp³-hybridized carbons (Fsp3) is 0.111. The molecule has 0 aliphatic heterocycles. The molecule has 1 aromatic carbocycles. The SMILES string of the molecule is COc1c(O)cc2ccsc2c1O. The Kier molecular flexibility index (Phi) is 1.77. The number of ether oxygens (including phenoxy) is 1. The molecule has 1 aromatic heterocycles. The third kappa shape index (κ3) is 1.10. The van der Waals surface area contributed by atoms with E-state index in [1.54, 1.807) is 6.07 Å². The number of phenolic OH excluding ortho intramolecular Hbond substituents is 2. The van der Waals surface area contributed by atoms with E-state index in [1.807, 2.05) is 11.4 Å². The van der Waals surface area contributed by atoms with E-state index in [1.165, 1.54) is 18.4 Å². The van der Waals surface area contributed by atoms with Crippen LogP contribution in [0.2, 0.25) is 0 Å². The average molecular weight is 196 g/mol. The van der Waals surface area contributed by atoms with E-state index >= 15 is 0 Å².